The molecular weight excluding hydrogens is 592 g/mol. The lowest BCUT2D eigenvalue weighted by molar-refractivity contribution is 0.0358. The molecule has 5 atom stereocenters. The molecule has 45 heavy (non-hydrogen) atoms. The van der Waals surface area contributed by atoms with Gasteiger partial charge in [-0.2, -0.15) is 10.2 Å². The number of methoxy groups -OCH3 is 1. The molecule has 2 saturated heterocycles. The van der Waals surface area contributed by atoms with Crippen LogP contribution < -0.4 is 10.5 Å². The second kappa shape index (κ2) is 11.0. The minimum atomic E-state index is -0.410. The topological polar surface area (TPSA) is 142 Å². The van der Waals surface area contributed by atoms with Gasteiger partial charge in [-0.25, -0.2) is 4.98 Å². The lowest BCUT2D eigenvalue weighted by atomic mass is 9.63. The fourth-order valence-corrected chi connectivity index (χ4v) is 9.89. The van der Waals surface area contributed by atoms with E-state index >= 15 is 0 Å². The lowest BCUT2D eigenvalue weighted by Gasteiger charge is -2.39. The van der Waals surface area contributed by atoms with Gasteiger partial charge >= 0.3 is 0 Å². The molecule has 0 bridgehead atoms. The minimum Gasteiger partial charge on any atom is -0.473 e. The fourth-order valence-electron chi connectivity index (χ4n) is 8.73. The van der Waals surface area contributed by atoms with E-state index in [4.69, 9.17) is 44.3 Å². The largest absolute Gasteiger partial charge is 0.473 e. The van der Waals surface area contributed by atoms with E-state index in [0.717, 1.165) is 86.1 Å². The summed E-state index contributed by atoms with van der Waals surface area (Å²) in [5, 5.41) is 15.4. The van der Waals surface area contributed by atoms with Gasteiger partial charge in [-0.3, -0.25) is 4.90 Å². The van der Waals surface area contributed by atoms with E-state index in [-0.39, 0.29) is 23.7 Å². The summed E-state index contributed by atoms with van der Waals surface area (Å²) in [7, 11) is 3.89. The highest BCUT2D eigenvalue weighted by Gasteiger charge is 2.50. The summed E-state index contributed by atoms with van der Waals surface area (Å²) in [4.78, 5) is 13.8. The maximum absolute atomic E-state index is 10.1. The van der Waals surface area contributed by atoms with Crippen molar-refractivity contribution in [2.24, 2.45) is 0 Å². The summed E-state index contributed by atoms with van der Waals surface area (Å²) >= 11 is 1.55. The molecule has 2 fully saturated rings. The number of ether oxygens (including phenoxy) is 4. The number of likely N-dealkylation sites (N-methyl/N-ethyl adjacent to an activating group) is 1. The first-order chi connectivity index (χ1) is 21.9. The number of hydrogen-bond donors (Lipinski definition) is 1. The number of rotatable bonds is 5. The summed E-state index contributed by atoms with van der Waals surface area (Å²) in [6.07, 6.45) is 7.27. The van der Waals surface area contributed by atoms with Gasteiger partial charge in [0.2, 0.25) is 5.88 Å². The highest BCUT2D eigenvalue weighted by molar-refractivity contribution is 7.16. The van der Waals surface area contributed by atoms with Crippen LogP contribution in [0.4, 0.5) is 5.00 Å². The molecule has 2 aliphatic carbocycles. The number of nitrogens with zero attached hydrogens (tertiary/aromatic N) is 5. The summed E-state index contributed by atoms with van der Waals surface area (Å²) in [6.45, 7) is 5.11. The Kier molecular flexibility index (Phi) is 7.18. The molecule has 3 aromatic rings. The van der Waals surface area contributed by atoms with E-state index in [2.05, 4.69) is 24.9 Å². The molecule has 8 rings (SSSR count). The summed E-state index contributed by atoms with van der Waals surface area (Å²) in [6, 6.07) is 2.60. The SMILES string of the molecule is CO[C@@H]1C[C@@H]([C@H](C)Oc2nc(-c3noc4c3CCC[C@@]43CCCc4sc(N)c(C#N)c43)nc3c2COC[C@]32CCOC2)N(C)C1. The standard InChI is InChI=1S/C33H40N6O5S/c1-18(23-12-19(40-3)14-39(23)2)43-31-22-15-42-17-32(10-11-41-16-32)27(22)36-30(37-31)26-20-6-4-8-33(28(20)44-38-26)9-5-7-24-25(33)21(13-34)29(35)45-24/h18-19,23H,4-12,14-17,35H2,1-3H3/t18-,19+,23-,32+,33-/m0/s1. The fraction of sp³-hybridized carbons (Fsp3) is 0.636. The maximum Gasteiger partial charge on any atom is 0.223 e. The van der Waals surface area contributed by atoms with Crippen molar-refractivity contribution in [3.63, 3.8) is 0 Å². The van der Waals surface area contributed by atoms with E-state index in [1.807, 2.05) is 0 Å². The van der Waals surface area contributed by atoms with E-state index in [1.165, 1.54) is 4.88 Å². The van der Waals surface area contributed by atoms with Crippen molar-refractivity contribution in [1.82, 2.24) is 20.0 Å². The number of hydrogen-bond acceptors (Lipinski definition) is 12. The molecule has 0 amide bonds. The first kappa shape index (κ1) is 29.3. The third-order valence-electron chi connectivity index (χ3n) is 11.0. The van der Waals surface area contributed by atoms with Crippen LogP contribution in [0.1, 0.15) is 84.0 Å². The smallest absolute Gasteiger partial charge is 0.223 e. The van der Waals surface area contributed by atoms with Gasteiger partial charge in [0.15, 0.2) is 17.3 Å². The Balaban J connectivity index is 1.24. The molecule has 5 aliphatic rings. The maximum atomic E-state index is 10.1. The average molecular weight is 633 g/mol. The highest BCUT2D eigenvalue weighted by Crippen LogP contribution is 2.55. The number of nitrogens with two attached hydrogens (primary N) is 1. The number of nitriles is 1. The Bertz CT molecular complexity index is 1670. The number of likely N-dealkylation sites (tertiary alicyclic amines) is 1. The van der Waals surface area contributed by atoms with Crippen LogP contribution in [0.25, 0.3) is 11.5 Å². The van der Waals surface area contributed by atoms with Gasteiger partial charge in [0.1, 0.15) is 17.2 Å². The van der Waals surface area contributed by atoms with Gasteiger partial charge in [0, 0.05) is 36.7 Å². The quantitative estimate of drug-likeness (QED) is 0.431. The lowest BCUT2D eigenvalue weighted by Crippen LogP contribution is -2.40. The van der Waals surface area contributed by atoms with Crippen molar-refractivity contribution in [2.75, 3.05) is 46.3 Å². The first-order valence-corrected chi connectivity index (χ1v) is 17.0. The monoisotopic (exact) mass is 632 g/mol. The zero-order valence-electron chi connectivity index (χ0n) is 26.2. The molecule has 238 valence electrons. The Morgan fingerprint density at radius 2 is 1.96 bits per heavy atom. The van der Waals surface area contributed by atoms with Gasteiger partial charge in [-0.1, -0.05) is 5.16 Å². The second-order valence-electron chi connectivity index (χ2n) is 13.6. The zero-order chi connectivity index (χ0) is 30.9. The van der Waals surface area contributed by atoms with Gasteiger partial charge in [-0.05, 0) is 70.9 Å². The third kappa shape index (κ3) is 4.46. The molecule has 11 nitrogen and oxygen atoms in total. The van der Waals surface area contributed by atoms with Crippen LogP contribution in [0.2, 0.25) is 0 Å². The third-order valence-corrected chi connectivity index (χ3v) is 12.1. The second-order valence-corrected chi connectivity index (χ2v) is 14.7. The number of anilines is 1. The Morgan fingerprint density at radius 1 is 1.13 bits per heavy atom. The average Bonchev–Trinajstić information content (AvgIpc) is 3.83. The molecule has 0 unspecified atom stereocenters. The number of aromatic nitrogens is 3. The van der Waals surface area contributed by atoms with Crippen molar-refractivity contribution in [3.05, 3.63) is 38.6 Å². The van der Waals surface area contributed by atoms with Crippen LogP contribution in [0.5, 0.6) is 5.88 Å². The normalized spacial score (nSPS) is 29.8. The number of fused-ring (bicyclic) bond motifs is 6. The van der Waals surface area contributed by atoms with Gasteiger partial charge in [0.05, 0.1) is 53.6 Å². The predicted molar refractivity (Wildman–Crippen MR) is 166 cm³/mol. The number of thiophene rings is 1. The van der Waals surface area contributed by atoms with Crippen molar-refractivity contribution in [2.45, 2.75) is 94.0 Å². The number of aryl methyl sites for hydroxylation is 1. The van der Waals surface area contributed by atoms with Gasteiger partial charge in [0.25, 0.3) is 0 Å². The van der Waals surface area contributed by atoms with Crippen LogP contribution in [-0.2, 0) is 44.5 Å². The first-order valence-electron chi connectivity index (χ1n) is 16.1. The van der Waals surface area contributed by atoms with Crippen LogP contribution in [0, 0.1) is 11.3 Å². The van der Waals surface area contributed by atoms with Crippen molar-refractivity contribution in [1.29, 1.82) is 5.26 Å². The van der Waals surface area contributed by atoms with E-state index in [0.29, 0.717) is 54.4 Å². The van der Waals surface area contributed by atoms with Crippen molar-refractivity contribution >= 4 is 16.3 Å². The molecule has 6 heterocycles. The van der Waals surface area contributed by atoms with Gasteiger partial charge < -0.3 is 29.2 Å². The molecular formula is C33H40N6O5S. The molecule has 12 heteroatoms. The molecule has 3 aliphatic heterocycles. The Hall–Kier alpha value is -3.08. The van der Waals surface area contributed by atoms with Crippen molar-refractivity contribution in [3.8, 4) is 23.5 Å². The molecule has 2 spiro atoms. The summed E-state index contributed by atoms with van der Waals surface area (Å²) in [5.41, 5.74) is 10.8. The Morgan fingerprint density at radius 3 is 2.71 bits per heavy atom. The molecule has 0 saturated carbocycles. The molecule has 3 aromatic heterocycles. The van der Waals surface area contributed by atoms with E-state index < -0.39 is 5.41 Å². The van der Waals surface area contributed by atoms with E-state index in [1.54, 1.807) is 18.4 Å². The summed E-state index contributed by atoms with van der Waals surface area (Å²) in [5.74, 6) is 1.90. The minimum absolute atomic E-state index is 0.136. The molecule has 0 radical (unpaired) electrons. The molecule has 2 N–H and O–H groups in total. The van der Waals surface area contributed by atoms with Crippen LogP contribution in [0.15, 0.2) is 4.52 Å². The van der Waals surface area contributed by atoms with Crippen LogP contribution in [0.3, 0.4) is 0 Å². The van der Waals surface area contributed by atoms with E-state index in [9.17, 15) is 5.26 Å². The Labute approximate surface area is 267 Å². The van der Waals surface area contributed by atoms with Crippen LogP contribution >= 0.6 is 11.3 Å². The molecule has 0 aromatic carbocycles. The predicted octanol–water partition coefficient (Wildman–Crippen LogP) is 4.28. The zero-order valence-corrected chi connectivity index (χ0v) is 27.0. The van der Waals surface area contributed by atoms with Crippen molar-refractivity contribution < 1.29 is 23.5 Å². The van der Waals surface area contributed by atoms with Crippen LogP contribution in [-0.4, -0.2) is 78.8 Å². The highest BCUT2D eigenvalue weighted by atomic mass is 32.1. The van der Waals surface area contributed by atoms with Gasteiger partial charge in [-0.15, -0.1) is 11.3 Å². The summed E-state index contributed by atoms with van der Waals surface area (Å²) < 4.78 is 30.8. The number of nitrogen functional groups attached to an aromatic ring is 1.